The molecule has 0 spiro atoms. The minimum absolute atomic E-state index is 0.848. The molecule has 0 aliphatic carbocycles. The highest BCUT2D eigenvalue weighted by molar-refractivity contribution is 7.26. The van der Waals surface area contributed by atoms with E-state index in [0.29, 0.717) is 0 Å². The van der Waals surface area contributed by atoms with Crippen LogP contribution in [-0.4, -0.2) is 9.13 Å². The van der Waals surface area contributed by atoms with Crippen LogP contribution in [0.3, 0.4) is 0 Å². The van der Waals surface area contributed by atoms with Gasteiger partial charge in [-0.2, -0.15) is 0 Å². The lowest BCUT2D eigenvalue weighted by Crippen LogP contribution is -1.94. The highest BCUT2D eigenvalue weighted by Gasteiger charge is 2.23. The number of hydrogen-bond donors (Lipinski definition) is 0. The predicted octanol–water partition coefficient (Wildman–Crippen LogP) is 20.9. The van der Waals surface area contributed by atoms with Crippen molar-refractivity contribution in [1.82, 2.24) is 9.13 Å². The van der Waals surface area contributed by atoms with E-state index >= 15 is 0 Å². The fraction of sp³-hybridized carbons (Fsp3) is 0. The van der Waals surface area contributed by atoms with Crippen molar-refractivity contribution in [3.8, 4) is 44.8 Å². The molecule has 0 bridgehead atoms. The molecule has 0 saturated carbocycles. The Morgan fingerprint density at radius 2 is 0.731 bits per heavy atom. The molecule has 78 heavy (non-hydrogen) atoms. The van der Waals surface area contributed by atoms with Crippen molar-refractivity contribution in [2.24, 2.45) is 0 Å². The zero-order valence-electron chi connectivity index (χ0n) is 41.6. The number of furan rings is 3. The van der Waals surface area contributed by atoms with Gasteiger partial charge >= 0.3 is 0 Å². The van der Waals surface area contributed by atoms with Crippen molar-refractivity contribution in [2.45, 2.75) is 0 Å². The third-order valence-corrected chi connectivity index (χ3v) is 17.8. The molecule has 0 aliphatic heterocycles. The molecule has 6 aromatic heterocycles. The Labute approximate surface area is 448 Å². The lowest BCUT2D eigenvalue weighted by atomic mass is 10.0. The van der Waals surface area contributed by atoms with E-state index in [2.05, 4.69) is 234 Å². The van der Waals surface area contributed by atoms with E-state index in [9.17, 15) is 0 Å². The van der Waals surface area contributed by atoms with Crippen molar-refractivity contribution >= 4 is 141 Å². The topological polar surface area (TPSA) is 49.3 Å². The summed E-state index contributed by atoms with van der Waals surface area (Å²) in [5.74, 6) is 0. The highest BCUT2D eigenvalue weighted by Crippen LogP contribution is 2.46. The van der Waals surface area contributed by atoms with Crippen LogP contribution in [-0.2, 0) is 0 Å². The van der Waals surface area contributed by atoms with Crippen molar-refractivity contribution in [2.75, 3.05) is 0 Å². The molecule has 6 heteroatoms. The Kier molecular flexibility index (Phi) is 8.49. The largest absolute Gasteiger partial charge is 0.455 e. The normalized spacial score (nSPS) is 12.4. The smallest absolute Gasteiger partial charge is 0.160 e. The summed E-state index contributed by atoms with van der Waals surface area (Å²) < 4.78 is 27.7. The molecular formula is C72H40N2O3S. The maximum atomic E-state index is 7.00. The van der Waals surface area contributed by atoms with E-state index in [-0.39, 0.29) is 0 Å². The summed E-state index contributed by atoms with van der Waals surface area (Å²) in [6.07, 6.45) is 0. The molecule has 6 heterocycles. The summed E-state index contributed by atoms with van der Waals surface area (Å²) in [5, 5.41) is 13.9. The third-order valence-electron chi connectivity index (χ3n) is 16.6. The average Bonchev–Trinajstić information content (AvgIpc) is 4.54. The van der Waals surface area contributed by atoms with Crippen LogP contribution in [0.4, 0.5) is 0 Å². The quantitative estimate of drug-likeness (QED) is 0.173. The molecular weight excluding hydrogens is 973 g/mol. The van der Waals surface area contributed by atoms with Crippen molar-refractivity contribution < 1.29 is 13.3 Å². The number of aromatic nitrogens is 2. The van der Waals surface area contributed by atoms with Crippen LogP contribution in [0, 0.1) is 0 Å². The van der Waals surface area contributed by atoms with Gasteiger partial charge in [-0.25, -0.2) is 0 Å². The second kappa shape index (κ2) is 15.7. The highest BCUT2D eigenvalue weighted by atomic mass is 32.1. The first-order valence-corrected chi connectivity index (χ1v) is 27.3. The first-order chi connectivity index (χ1) is 38.7. The van der Waals surface area contributed by atoms with Gasteiger partial charge < -0.3 is 22.4 Å². The SMILES string of the molecule is c1ccc2c(c1)oc1c(-c3ccc(-n4c5ccccc5c5ccc6c7cc(-c8ccc9c%10ccc%11c%12ccccc%12oc%11c%10n(-c%10ccc(-c%11cccc%12c%11sc%11ccccc%11%12)cc%10)c9c8)ccc7oc6c54)cc3)cccc12. The van der Waals surface area contributed by atoms with Crippen LogP contribution in [0.5, 0.6) is 0 Å². The van der Waals surface area contributed by atoms with Crippen molar-refractivity contribution in [3.05, 3.63) is 243 Å². The van der Waals surface area contributed by atoms with E-state index in [1.807, 2.05) is 29.5 Å². The molecule has 0 aliphatic rings. The number of benzene rings is 12. The molecule has 0 amide bonds. The second-order valence-corrected chi connectivity index (χ2v) is 21.7. The number of fused-ring (bicyclic) bond motifs is 20. The average molecular weight is 1010 g/mol. The zero-order chi connectivity index (χ0) is 50.7. The molecule has 5 nitrogen and oxygen atoms in total. The van der Waals surface area contributed by atoms with Gasteiger partial charge in [-0.3, -0.25) is 0 Å². The van der Waals surface area contributed by atoms with E-state index in [1.165, 1.54) is 42.1 Å². The van der Waals surface area contributed by atoms with E-state index in [0.717, 1.165) is 132 Å². The minimum Gasteiger partial charge on any atom is -0.455 e. The number of rotatable bonds is 5. The molecule has 0 fully saturated rings. The molecule has 0 radical (unpaired) electrons. The van der Waals surface area contributed by atoms with Gasteiger partial charge in [0.25, 0.3) is 0 Å². The second-order valence-electron chi connectivity index (χ2n) is 20.7. The summed E-state index contributed by atoms with van der Waals surface area (Å²) >= 11 is 1.87. The summed E-state index contributed by atoms with van der Waals surface area (Å²) in [4.78, 5) is 0. The number of para-hydroxylation sites is 4. The van der Waals surface area contributed by atoms with Crippen LogP contribution >= 0.6 is 11.3 Å². The van der Waals surface area contributed by atoms with Crippen LogP contribution in [0.2, 0.25) is 0 Å². The van der Waals surface area contributed by atoms with Crippen molar-refractivity contribution in [1.29, 1.82) is 0 Å². The van der Waals surface area contributed by atoms with E-state index < -0.39 is 0 Å². The minimum atomic E-state index is 0.848. The zero-order valence-corrected chi connectivity index (χ0v) is 42.4. The maximum Gasteiger partial charge on any atom is 0.160 e. The summed E-state index contributed by atoms with van der Waals surface area (Å²) in [6.45, 7) is 0. The molecule has 18 aromatic rings. The van der Waals surface area contributed by atoms with Gasteiger partial charge in [0.2, 0.25) is 0 Å². The standard InChI is InChI=1S/C72H40N2O3S/c1-5-19-61-49(11-1)54-35-37-58-60-39-43(28-38-65(60)77-71(58)67(54)73(61)45-29-23-41(24-30-45)47-15-9-17-56-51-12-2-6-20-63(51)75-69(47)56)44-27-33-50-55-34-36-57-52-13-3-7-21-64(52)76-70(57)68(55)74(62(50)40-44)46-31-25-42(26-32-46)48-16-10-18-59-53-14-4-8-22-66(53)78-72(48)59/h1-40H. The first-order valence-electron chi connectivity index (χ1n) is 26.5. The summed E-state index contributed by atoms with van der Waals surface area (Å²) in [5.41, 5.74) is 18.6. The van der Waals surface area contributed by atoms with Gasteiger partial charge in [0.1, 0.15) is 22.3 Å². The third kappa shape index (κ3) is 5.84. The van der Waals surface area contributed by atoms with Gasteiger partial charge in [-0.05, 0) is 107 Å². The Morgan fingerprint density at radius 3 is 1.45 bits per heavy atom. The Bertz CT molecular complexity index is 5560. The van der Waals surface area contributed by atoms with Crippen LogP contribution in [0.25, 0.3) is 174 Å². The van der Waals surface area contributed by atoms with Crippen LogP contribution in [0.1, 0.15) is 0 Å². The fourth-order valence-electron chi connectivity index (χ4n) is 13.0. The van der Waals surface area contributed by atoms with E-state index in [1.54, 1.807) is 0 Å². The summed E-state index contributed by atoms with van der Waals surface area (Å²) in [7, 11) is 0. The number of thiophene rings is 1. The number of hydrogen-bond acceptors (Lipinski definition) is 4. The lowest BCUT2D eigenvalue weighted by molar-refractivity contribution is 0.670. The molecule has 0 unspecified atom stereocenters. The molecule has 12 aromatic carbocycles. The Morgan fingerprint density at radius 1 is 0.269 bits per heavy atom. The number of nitrogens with zero attached hydrogens (tertiary/aromatic N) is 2. The monoisotopic (exact) mass is 1010 g/mol. The summed E-state index contributed by atoms with van der Waals surface area (Å²) in [6, 6.07) is 87.7. The predicted molar refractivity (Wildman–Crippen MR) is 326 cm³/mol. The lowest BCUT2D eigenvalue weighted by Gasteiger charge is -2.11. The Balaban J connectivity index is 0.791. The molecule has 0 saturated heterocycles. The fourth-order valence-corrected chi connectivity index (χ4v) is 14.2. The molecule has 0 atom stereocenters. The van der Waals surface area contributed by atoms with Gasteiger partial charge in [0.05, 0.1) is 22.1 Å². The van der Waals surface area contributed by atoms with Gasteiger partial charge in [-0.15, -0.1) is 11.3 Å². The first kappa shape index (κ1) is 42.1. The molecule has 0 N–H and O–H groups in total. The van der Waals surface area contributed by atoms with Crippen LogP contribution < -0.4 is 0 Å². The van der Waals surface area contributed by atoms with Gasteiger partial charge in [0, 0.05) is 91.0 Å². The van der Waals surface area contributed by atoms with Crippen LogP contribution in [0.15, 0.2) is 256 Å². The molecule has 18 rings (SSSR count). The van der Waals surface area contributed by atoms with Gasteiger partial charge in [0.15, 0.2) is 11.2 Å². The van der Waals surface area contributed by atoms with Gasteiger partial charge in [-0.1, -0.05) is 164 Å². The molecule has 362 valence electrons. The van der Waals surface area contributed by atoms with Crippen molar-refractivity contribution in [3.63, 3.8) is 0 Å². The maximum absolute atomic E-state index is 7.00. The Hall–Kier alpha value is -10.1. The van der Waals surface area contributed by atoms with E-state index in [4.69, 9.17) is 13.3 Å².